The predicted molar refractivity (Wildman–Crippen MR) is 66.8 cm³/mol. The summed E-state index contributed by atoms with van der Waals surface area (Å²) in [5, 5.41) is 2.70. The first kappa shape index (κ1) is 13.8. The minimum Gasteiger partial charge on any atom is -0.342 e. The lowest BCUT2D eigenvalue weighted by atomic mass is 10.1. The highest BCUT2D eigenvalue weighted by Crippen LogP contribution is 2.08. The summed E-state index contributed by atoms with van der Waals surface area (Å²) in [5.74, 6) is -0.0136. The highest BCUT2D eigenvalue weighted by Gasteiger charge is 2.17. The lowest BCUT2D eigenvalue weighted by Crippen LogP contribution is -2.47. The van der Waals surface area contributed by atoms with Crippen LogP contribution in [0.15, 0.2) is 0 Å². The Kier molecular flexibility index (Phi) is 5.80. The molecular weight excluding hydrogens is 218 g/mol. The molecule has 1 aliphatic heterocycles. The van der Waals surface area contributed by atoms with Gasteiger partial charge in [0.2, 0.25) is 5.91 Å². The fraction of sp³-hybridized carbons (Fsp3) is 0.833. The Hall–Kier alpha value is -1.26. The van der Waals surface area contributed by atoms with Crippen molar-refractivity contribution in [1.82, 2.24) is 15.1 Å². The first-order valence-corrected chi connectivity index (χ1v) is 6.49. The molecule has 0 aromatic heterocycles. The molecule has 1 N–H and O–H groups in total. The summed E-state index contributed by atoms with van der Waals surface area (Å²) in [4.78, 5) is 26.9. The SMILES string of the molecule is CCN(CC)C(=O)CNC(=O)N1CCCCC1. The van der Waals surface area contributed by atoms with Gasteiger partial charge in [0.25, 0.3) is 0 Å². The van der Waals surface area contributed by atoms with Gasteiger partial charge in [0.05, 0.1) is 6.54 Å². The summed E-state index contributed by atoms with van der Waals surface area (Å²) in [5.41, 5.74) is 0. The van der Waals surface area contributed by atoms with Crippen molar-refractivity contribution in [3.8, 4) is 0 Å². The number of rotatable bonds is 4. The van der Waals surface area contributed by atoms with Gasteiger partial charge in [0.15, 0.2) is 0 Å². The summed E-state index contributed by atoms with van der Waals surface area (Å²) < 4.78 is 0. The van der Waals surface area contributed by atoms with Crippen molar-refractivity contribution < 1.29 is 9.59 Å². The molecule has 0 bridgehead atoms. The topological polar surface area (TPSA) is 52.7 Å². The number of nitrogens with one attached hydrogen (secondary N) is 1. The van der Waals surface area contributed by atoms with E-state index in [4.69, 9.17) is 0 Å². The van der Waals surface area contributed by atoms with Crippen molar-refractivity contribution in [2.45, 2.75) is 33.1 Å². The molecule has 0 aliphatic carbocycles. The van der Waals surface area contributed by atoms with E-state index in [2.05, 4.69) is 5.32 Å². The van der Waals surface area contributed by atoms with Gasteiger partial charge in [-0.1, -0.05) is 0 Å². The largest absolute Gasteiger partial charge is 0.342 e. The van der Waals surface area contributed by atoms with Gasteiger partial charge < -0.3 is 15.1 Å². The van der Waals surface area contributed by atoms with Crippen LogP contribution in [0, 0.1) is 0 Å². The minimum absolute atomic E-state index is 0.0136. The smallest absolute Gasteiger partial charge is 0.317 e. The summed E-state index contributed by atoms with van der Waals surface area (Å²) in [6.45, 7) is 6.99. The Balaban J connectivity index is 2.29. The first-order chi connectivity index (χ1) is 8.19. The van der Waals surface area contributed by atoms with Gasteiger partial charge >= 0.3 is 6.03 Å². The maximum Gasteiger partial charge on any atom is 0.317 e. The van der Waals surface area contributed by atoms with E-state index in [1.165, 1.54) is 6.42 Å². The van der Waals surface area contributed by atoms with Crippen LogP contribution in [0.4, 0.5) is 4.79 Å². The quantitative estimate of drug-likeness (QED) is 0.800. The van der Waals surface area contributed by atoms with E-state index in [0.717, 1.165) is 25.9 Å². The lowest BCUT2D eigenvalue weighted by Gasteiger charge is -2.27. The zero-order valence-electron chi connectivity index (χ0n) is 10.9. The average Bonchev–Trinajstić information content (AvgIpc) is 2.38. The number of amides is 3. The van der Waals surface area contributed by atoms with Crippen molar-refractivity contribution >= 4 is 11.9 Å². The second-order valence-electron chi connectivity index (χ2n) is 4.27. The number of hydrogen-bond acceptors (Lipinski definition) is 2. The minimum atomic E-state index is -0.106. The lowest BCUT2D eigenvalue weighted by molar-refractivity contribution is -0.129. The second-order valence-corrected chi connectivity index (χ2v) is 4.27. The molecule has 1 saturated heterocycles. The maximum absolute atomic E-state index is 11.7. The van der Waals surface area contributed by atoms with Crippen molar-refractivity contribution in [3.63, 3.8) is 0 Å². The van der Waals surface area contributed by atoms with Crippen LogP contribution in [0.2, 0.25) is 0 Å². The van der Waals surface area contributed by atoms with Crippen LogP contribution in [0.1, 0.15) is 33.1 Å². The number of carbonyl (C=O) groups is 2. The van der Waals surface area contributed by atoms with Gasteiger partial charge in [0, 0.05) is 26.2 Å². The zero-order valence-corrected chi connectivity index (χ0v) is 10.9. The zero-order chi connectivity index (χ0) is 12.7. The highest BCUT2D eigenvalue weighted by molar-refractivity contribution is 5.84. The monoisotopic (exact) mass is 241 g/mol. The van der Waals surface area contributed by atoms with Gasteiger partial charge in [-0.2, -0.15) is 0 Å². The van der Waals surface area contributed by atoms with E-state index < -0.39 is 0 Å². The molecule has 0 aromatic carbocycles. The first-order valence-electron chi connectivity index (χ1n) is 6.49. The van der Waals surface area contributed by atoms with Crippen molar-refractivity contribution in [2.24, 2.45) is 0 Å². The van der Waals surface area contributed by atoms with E-state index in [0.29, 0.717) is 13.1 Å². The molecule has 1 fully saturated rings. The number of nitrogens with zero attached hydrogens (tertiary/aromatic N) is 2. The fourth-order valence-corrected chi connectivity index (χ4v) is 2.05. The second kappa shape index (κ2) is 7.14. The molecule has 0 aromatic rings. The van der Waals surface area contributed by atoms with E-state index in [9.17, 15) is 9.59 Å². The molecular formula is C12H23N3O2. The number of hydrogen-bond donors (Lipinski definition) is 1. The summed E-state index contributed by atoms with van der Waals surface area (Å²) in [7, 11) is 0. The number of carbonyl (C=O) groups excluding carboxylic acids is 2. The van der Waals surface area contributed by atoms with E-state index in [1.807, 2.05) is 13.8 Å². The summed E-state index contributed by atoms with van der Waals surface area (Å²) in [6.07, 6.45) is 3.33. The van der Waals surface area contributed by atoms with Crippen LogP contribution in [-0.4, -0.2) is 54.5 Å². The fourth-order valence-electron chi connectivity index (χ4n) is 2.05. The Morgan fingerprint density at radius 1 is 1.12 bits per heavy atom. The number of urea groups is 1. The van der Waals surface area contributed by atoms with Crippen LogP contribution in [0.25, 0.3) is 0 Å². The van der Waals surface area contributed by atoms with Crippen LogP contribution in [-0.2, 0) is 4.79 Å². The Morgan fingerprint density at radius 3 is 2.24 bits per heavy atom. The van der Waals surface area contributed by atoms with Crippen molar-refractivity contribution in [3.05, 3.63) is 0 Å². The third-order valence-corrected chi connectivity index (χ3v) is 3.15. The third kappa shape index (κ3) is 4.24. The van der Waals surface area contributed by atoms with Crippen LogP contribution < -0.4 is 5.32 Å². The molecule has 3 amide bonds. The van der Waals surface area contributed by atoms with Crippen molar-refractivity contribution in [2.75, 3.05) is 32.7 Å². The van der Waals surface area contributed by atoms with E-state index in [1.54, 1.807) is 9.80 Å². The Morgan fingerprint density at radius 2 is 1.71 bits per heavy atom. The highest BCUT2D eigenvalue weighted by atomic mass is 16.2. The molecule has 5 heteroatoms. The maximum atomic E-state index is 11.7. The van der Waals surface area contributed by atoms with Gasteiger partial charge in [-0.15, -0.1) is 0 Å². The molecule has 98 valence electrons. The number of likely N-dealkylation sites (tertiary alicyclic amines) is 1. The Bertz CT molecular complexity index is 258. The van der Waals surface area contributed by atoms with Gasteiger partial charge in [-0.3, -0.25) is 4.79 Å². The molecule has 0 spiro atoms. The standard InChI is InChI=1S/C12H23N3O2/c1-3-14(4-2)11(16)10-13-12(17)15-8-6-5-7-9-15/h3-10H2,1-2H3,(H,13,17). The molecule has 17 heavy (non-hydrogen) atoms. The molecule has 5 nitrogen and oxygen atoms in total. The van der Waals surface area contributed by atoms with Gasteiger partial charge in [0.1, 0.15) is 0 Å². The normalized spacial score (nSPS) is 15.5. The number of piperidine rings is 1. The van der Waals surface area contributed by atoms with Crippen LogP contribution in [0.5, 0.6) is 0 Å². The molecule has 0 unspecified atom stereocenters. The molecule has 0 radical (unpaired) electrons. The van der Waals surface area contributed by atoms with E-state index in [-0.39, 0.29) is 18.5 Å². The van der Waals surface area contributed by atoms with Gasteiger partial charge in [-0.05, 0) is 33.1 Å². The molecule has 1 aliphatic rings. The van der Waals surface area contributed by atoms with Crippen molar-refractivity contribution in [1.29, 1.82) is 0 Å². The van der Waals surface area contributed by atoms with E-state index >= 15 is 0 Å². The summed E-state index contributed by atoms with van der Waals surface area (Å²) in [6, 6.07) is -0.106. The molecule has 0 atom stereocenters. The molecule has 1 rings (SSSR count). The number of likely N-dealkylation sites (N-methyl/N-ethyl adjacent to an activating group) is 1. The third-order valence-electron chi connectivity index (χ3n) is 3.15. The van der Waals surface area contributed by atoms with Crippen LogP contribution in [0.3, 0.4) is 0 Å². The Labute approximate surface area is 103 Å². The predicted octanol–water partition coefficient (Wildman–Crippen LogP) is 1.05. The van der Waals surface area contributed by atoms with Gasteiger partial charge in [-0.25, -0.2) is 4.79 Å². The molecule has 1 heterocycles. The molecule has 0 saturated carbocycles. The van der Waals surface area contributed by atoms with Crippen LogP contribution >= 0.6 is 0 Å². The summed E-state index contributed by atoms with van der Waals surface area (Å²) >= 11 is 0. The average molecular weight is 241 g/mol.